The standard InChI is InChI=1S/C17H24N6O2/c1-22-20-16(19-21-22)14-5-3-13(4-6-14)9-12-23(25-2)17(24)15-7-10-18-11-8-15/h3-6,15,18H,7-12H2,1-2H3. The highest BCUT2D eigenvalue weighted by molar-refractivity contribution is 5.78. The van der Waals surface area contributed by atoms with Crippen LogP contribution in [0.15, 0.2) is 24.3 Å². The topological polar surface area (TPSA) is 85.2 Å². The van der Waals surface area contributed by atoms with Gasteiger partial charge >= 0.3 is 0 Å². The maximum atomic E-state index is 12.5. The molecule has 8 nitrogen and oxygen atoms in total. The minimum Gasteiger partial charge on any atom is -0.317 e. The molecule has 1 aliphatic heterocycles. The molecule has 0 aliphatic carbocycles. The van der Waals surface area contributed by atoms with Crippen molar-refractivity contribution in [2.24, 2.45) is 13.0 Å². The van der Waals surface area contributed by atoms with Gasteiger partial charge < -0.3 is 5.32 Å². The molecule has 134 valence electrons. The Bertz CT molecular complexity index is 693. The number of amides is 1. The number of carbonyl (C=O) groups is 1. The van der Waals surface area contributed by atoms with Crippen molar-refractivity contribution in [1.29, 1.82) is 0 Å². The molecule has 0 atom stereocenters. The second-order valence-electron chi connectivity index (χ2n) is 6.20. The molecule has 0 saturated carbocycles. The molecule has 3 rings (SSSR count). The van der Waals surface area contributed by atoms with Gasteiger partial charge in [0.05, 0.1) is 20.7 Å². The molecule has 0 bridgehead atoms. The first kappa shape index (κ1) is 17.5. The van der Waals surface area contributed by atoms with Crippen LogP contribution in [0, 0.1) is 5.92 Å². The van der Waals surface area contributed by atoms with Crippen molar-refractivity contribution < 1.29 is 9.63 Å². The molecule has 0 spiro atoms. The molecule has 2 heterocycles. The Labute approximate surface area is 147 Å². The van der Waals surface area contributed by atoms with E-state index >= 15 is 0 Å². The average Bonchev–Trinajstić information content (AvgIpc) is 3.09. The minimum absolute atomic E-state index is 0.0614. The summed E-state index contributed by atoms with van der Waals surface area (Å²) in [5.41, 5.74) is 2.05. The molecule has 2 aromatic rings. The lowest BCUT2D eigenvalue weighted by Gasteiger charge is -2.27. The van der Waals surface area contributed by atoms with E-state index in [0.717, 1.165) is 43.5 Å². The number of benzene rings is 1. The summed E-state index contributed by atoms with van der Waals surface area (Å²) in [4.78, 5) is 19.3. The van der Waals surface area contributed by atoms with E-state index in [0.29, 0.717) is 12.4 Å². The van der Waals surface area contributed by atoms with Gasteiger partial charge in [-0.25, -0.2) is 5.06 Å². The van der Waals surface area contributed by atoms with Crippen LogP contribution in [0.4, 0.5) is 0 Å². The van der Waals surface area contributed by atoms with E-state index in [-0.39, 0.29) is 11.8 Å². The van der Waals surface area contributed by atoms with Gasteiger partial charge in [-0.3, -0.25) is 9.63 Å². The summed E-state index contributed by atoms with van der Waals surface area (Å²) < 4.78 is 0. The molecule has 8 heteroatoms. The molecular formula is C17H24N6O2. The van der Waals surface area contributed by atoms with Gasteiger partial charge in [0.1, 0.15) is 0 Å². The van der Waals surface area contributed by atoms with Crippen LogP contribution in [0.1, 0.15) is 18.4 Å². The normalized spacial score (nSPS) is 15.3. The van der Waals surface area contributed by atoms with E-state index in [1.54, 1.807) is 14.2 Å². The van der Waals surface area contributed by atoms with Crippen molar-refractivity contribution in [2.45, 2.75) is 19.3 Å². The average molecular weight is 344 g/mol. The molecule has 1 amide bonds. The highest BCUT2D eigenvalue weighted by Gasteiger charge is 2.25. The van der Waals surface area contributed by atoms with Gasteiger partial charge in [-0.15, -0.1) is 10.2 Å². The van der Waals surface area contributed by atoms with E-state index in [1.165, 1.54) is 9.86 Å². The van der Waals surface area contributed by atoms with Gasteiger partial charge in [0.25, 0.3) is 0 Å². The highest BCUT2D eigenvalue weighted by Crippen LogP contribution is 2.17. The van der Waals surface area contributed by atoms with Crippen LogP contribution in [0.3, 0.4) is 0 Å². The van der Waals surface area contributed by atoms with Crippen molar-refractivity contribution >= 4 is 5.91 Å². The third kappa shape index (κ3) is 4.40. The summed E-state index contributed by atoms with van der Waals surface area (Å²) in [5.74, 6) is 0.754. The van der Waals surface area contributed by atoms with Crippen LogP contribution >= 0.6 is 0 Å². The van der Waals surface area contributed by atoms with Crippen LogP contribution in [0.2, 0.25) is 0 Å². The maximum absolute atomic E-state index is 12.5. The summed E-state index contributed by atoms with van der Waals surface area (Å²) in [5, 5.41) is 16.8. The van der Waals surface area contributed by atoms with Crippen molar-refractivity contribution in [3.63, 3.8) is 0 Å². The fourth-order valence-electron chi connectivity index (χ4n) is 3.01. The summed E-state index contributed by atoms with van der Waals surface area (Å²) in [7, 11) is 3.30. The van der Waals surface area contributed by atoms with E-state index in [9.17, 15) is 4.79 Å². The summed E-state index contributed by atoms with van der Waals surface area (Å²) in [6.45, 7) is 2.33. The zero-order valence-electron chi connectivity index (χ0n) is 14.7. The Kier molecular flexibility index (Phi) is 5.72. The highest BCUT2D eigenvalue weighted by atomic mass is 16.7. The van der Waals surface area contributed by atoms with E-state index < -0.39 is 0 Å². The number of nitrogens with zero attached hydrogens (tertiary/aromatic N) is 5. The number of hydrogen-bond donors (Lipinski definition) is 1. The van der Waals surface area contributed by atoms with Crippen LogP contribution in [-0.4, -0.2) is 57.9 Å². The molecule has 1 aromatic heterocycles. The number of carbonyl (C=O) groups excluding carboxylic acids is 1. The van der Waals surface area contributed by atoms with Crippen LogP contribution in [0.25, 0.3) is 11.4 Å². The molecule has 0 unspecified atom stereocenters. The first-order valence-electron chi connectivity index (χ1n) is 8.57. The number of aromatic nitrogens is 4. The fraction of sp³-hybridized carbons (Fsp3) is 0.529. The van der Waals surface area contributed by atoms with Gasteiger partial charge in [-0.1, -0.05) is 24.3 Å². The van der Waals surface area contributed by atoms with Crippen LogP contribution in [0.5, 0.6) is 0 Å². The fourth-order valence-corrected chi connectivity index (χ4v) is 3.01. The Hall–Kier alpha value is -2.32. The summed E-state index contributed by atoms with van der Waals surface area (Å²) in [6.07, 6.45) is 2.48. The van der Waals surface area contributed by atoms with Crippen LogP contribution < -0.4 is 5.32 Å². The smallest absolute Gasteiger partial charge is 0.249 e. The third-order valence-corrected chi connectivity index (χ3v) is 4.48. The number of piperidine rings is 1. The lowest BCUT2D eigenvalue weighted by molar-refractivity contribution is -0.181. The van der Waals surface area contributed by atoms with E-state index in [2.05, 4.69) is 20.7 Å². The molecule has 1 N–H and O–H groups in total. The molecular weight excluding hydrogens is 320 g/mol. The van der Waals surface area contributed by atoms with Gasteiger partial charge in [0.15, 0.2) is 0 Å². The van der Waals surface area contributed by atoms with Gasteiger partial charge in [-0.2, -0.15) is 4.80 Å². The molecule has 0 radical (unpaired) electrons. The van der Waals surface area contributed by atoms with Crippen molar-refractivity contribution in [2.75, 3.05) is 26.7 Å². The van der Waals surface area contributed by atoms with Crippen molar-refractivity contribution in [3.05, 3.63) is 29.8 Å². The third-order valence-electron chi connectivity index (χ3n) is 4.48. The van der Waals surface area contributed by atoms with Gasteiger partial charge in [0.2, 0.25) is 11.7 Å². The minimum atomic E-state index is 0.0614. The number of aryl methyl sites for hydroxylation is 1. The van der Waals surface area contributed by atoms with Gasteiger partial charge in [0, 0.05) is 11.5 Å². The van der Waals surface area contributed by atoms with Crippen molar-refractivity contribution in [1.82, 2.24) is 30.6 Å². The second-order valence-corrected chi connectivity index (χ2v) is 6.20. The molecule has 1 fully saturated rings. The number of rotatable bonds is 6. The SMILES string of the molecule is CON(CCc1ccc(-c2nnn(C)n2)cc1)C(=O)C1CCNCC1. The molecule has 1 aromatic carbocycles. The summed E-state index contributed by atoms with van der Waals surface area (Å²) >= 11 is 0. The number of tetrazole rings is 1. The van der Waals surface area contributed by atoms with E-state index in [1.807, 2.05) is 24.3 Å². The first-order chi connectivity index (χ1) is 12.2. The molecule has 1 aliphatic rings. The lowest BCUT2D eigenvalue weighted by Crippen LogP contribution is -2.41. The Morgan fingerprint density at radius 1 is 1.32 bits per heavy atom. The van der Waals surface area contributed by atoms with Gasteiger partial charge in [-0.05, 0) is 43.1 Å². The van der Waals surface area contributed by atoms with Crippen LogP contribution in [-0.2, 0) is 23.1 Å². The first-order valence-corrected chi connectivity index (χ1v) is 8.57. The Morgan fingerprint density at radius 2 is 2.04 bits per heavy atom. The largest absolute Gasteiger partial charge is 0.317 e. The number of hydrogen-bond acceptors (Lipinski definition) is 6. The number of hydroxylamine groups is 2. The van der Waals surface area contributed by atoms with E-state index in [4.69, 9.17) is 4.84 Å². The predicted molar refractivity (Wildman–Crippen MR) is 92.3 cm³/mol. The maximum Gasteiger partial charge on any atom is 0.249 e. The Morgan fingerprint density at radius 3 is 2.64 bits per heavy atom. The second kappa shape index (κ2) is 8.17. The quantitative estimate of drug-likeness (QED) is 0.781. The molecule has 25 heavy (non-hydrogen) atoms. The summed E-state index contributed by atoms with van der Waals surface area (Å²) in [6, 6.07) is 7.99. The lowest BCUT2D eigenvalue weighted by atomic mass is 9.97. The Balaban J connectivity index is 1.57. The molecule has 1 saturated heterocycles. The monoisotopic (exact) mass is 344 g/mol. The predicted octanol–water partition coefficient (Wildman–Crippen LogP) is 0.809. The zero-order chi connectivity index (χ0) is 17.6. The van der Waals surface area contributed by atoms with Crippen molar-refractivity contribution in [3.8, 4) is 11.4 Å². The number of nitrogens with one attached hydrogen (secondary N) is 1. The zero-order valence-corrected chi connectivity index (χ0v) is 14.7.